The third-order valence-electron chi connectivity index (χ3n) is 2.48. The van der Waals surface area contributed by atoms with E-state index in [9.17, 15) is 0 Å². The van der Waals surface area contributed by atoms with Gasteiger partial charge in [-0.25, -0.2) is 0 Å². The first-order valence-corrected chi connectivity index (χ1v) is 4.99. The summed E-state index contributed by atoms with van der Waals surface area (Å²) < 4.78 is 0. The van der Waals surface area contributed by atoms with Crippen LogP contribution in [0.15, 0.2) is 48.5 Å². The normalized spacial score (nSPS) is 10.1. The minimum atomic E-state index is -1.43. The molecule has 2 aromatic carbocycles. The van der Waals surface area contributed by atoms with E-state index in [-0.39, 0.29) is 0 Å². The highest BCUT2D eigenvalue weighted by Gasteiger charge is 2.10. The molecule has 0 bridgehead atoms. The lowest BCUT2D eigenvalue weighted by molar-refractivity contribution is 0.426. The van der Waals surface area contributed by atoms with Crippen LogP contribution < -0.4 is 11.2 Å². The van der Waals surface area contributed by atoms with Crippen LogP contribution in [0.4, 0.5) is 5.69 Å². The predicted octanol–water partition coefficient (Wildman–Crippen LogP) is 0.616. The number of hydrogen-bond acceptors (Lipinski definition) is 3. The van der Waals surface area contributed by atoms with Crippen molar-refractivity contribution in [3.05, 3.63) is 48.5 Å². The van der Waals surface area contributed by atoms with Gasteiger partial charge in [0.05, 0.1) is 0 Å². The minimum Gasteiger partial charge on any atom is -0.423 e. The van der Waals surface area contributed by atoms with E-state index >= 15 is 0 Å². The van der Waals surface area contributed by atoms with Crippen molar-refractivity contribution in [2.75, 3.05) is 5.73 Å². The molecule has 0 aliphatic heterocycles. The van der Waals surface area contributed by atoms with Gasteiger partial charge in [0.1, 0.15) is 0 Å². The van der Waals surface area contributed by atoms with Crippen molar-refractivity contribution in [1.82, 2.24) is 0 Å². The average Bonchev–Trinajstić information content (AvgIpc) is 2.30. The molecule has 2 aromatic rings. The molecule has 0 radical (unpaired) electrons. The van der Waals surface area contributed by atoms with E-state index in [2.05, 4.69) is 0 Å². The lowest BCUT2D eigenvalue weighted by Gasteiger charge is -2.06. The monoisotopic (exact) mass is 213 g/mol. The van der Waals surface area contributed by atoms with Gasteiger partial charge >= 0.3 is 7.12 Å². The smallest absolute Gasteiger partial charge is 0.423 e. The molecule has 0 heterocycles. The van der Waals surface area contributed by atoms with E-state index in [1.807, 2.05) is 36.4 Å². The molecule has 4 N–H and O–H groups in total. The van der Waals surface area contributed by atoms with Gasteiger partial charge < -0.3 is 15.8 Å². The van der Waals surface area contributed by atoms with Gasteiger partial charge in [0.15, 0.2) is 0 Å². The quantitative estimate of drug-likeness (QED) is 0.505. The number of nitrogens with two attached hydrogens (primary N) is 1. The number of benzene rings is 2. The first-order chi connectivity index (χ1) is 7.68. The van der Waals surface area contributed by atoms with Gasteiger partial charge in [-0.2, -0.15) is 0 Å². The molecule has 0 saturated carbocycles. The Bertz CT molecular complexity index is 483. The Kier molecular flexibility index (Phi) is 2.94. The maximum Gasteiger partial charge on any atom is 0.488 e. The van der Waals surface area contributed by atoms with Crippen molar-refractivity contribution in [2.24, 2.45) is 0 Å². The standard InChI is InChI=1S/C12H12BNO2/c14-12-4-2-1-3-11(12)9-5-7-10(8-6-9)13(15)16/h1-8,15-16H,14H2. The molecule has 0 spiro atoms. The summed E-state index contributed by atoms with van der Waals surface area (Å²) in [4.78, 5) is 0. The highest BCUT2D eigenvalue weighted by Crippen LogP contribution is 2.24. The molecule has 2 rings (SSSR count). The predicted molar refractivity (Wildman–Crippen MR) is 66.1 cm³/mol. The maximum absolute atomic E-state index is 8.97. The third-order valence-corrected chi connectivity index (χ3v) is 2.48. The van der Waals surface area contributed by atoms with Crippen LogP contribution in [0.2, 0.25) is 0 Å². The van der Waals surface area contributed by atoms with Crippen LogP contribution in [-0.4, -0.2) is 17.2 Å². The van der Waals surface area contributed by atoms with Gasteiger partial charge in [0.2, 0.25) is 0 Å². The lowest BCUT2D eigenvalue weighted by Crippen LogP contribution is -2.29. The number of hydrogen-bond donors (Lipinski definition) is 3. The molecule has 0 atom stereocenters. The number of para-hydroxylation sites is 1. The van der Waals surface area contributed by atoms with Crippen molar-refractivity contribution in [3.8, 4) is 11.1 Å². The minimum absolute atomic E-state index is 0.471. The molecular weight excluding hydrogens is 201 g/mol. The first-order valence-electron chi connectivity index (χ1n) is 4.99. The Morgan fingerprint density at radius 3 is 2.06 bits per heavy atom. The second kappa shape index (κ2) is 4.39. The fourth-order valence-electron chi connectivity index (χ4n) is 1.59. The largest absolute Gasteiger partial charge is 0.488 e. The molecule has 0 aliphatic carbocycles. The molecule has 0 aromatic heterocycles. The zero-order chi connectivity index (χ0) is 11.5. The van der Waals surface area contributed by atoms with Crippen molar-refractivity contribution >= 4 is 18.3 Å². The molecule has 0 saturated heterocycles. The summed E-state index contributed by atoms with van der Waals surface area (Å²) in [6.07, 6.45) is 0. The van der Waals surface area contributed by atoms with Gasteiger partial charge in [-0.3, -0.25) is 0 Å². The van der Waals surface area contributed by atoms with E-state index < -0.39 is 7.12 Å². The zero-order valence-electron chi connectivity index (χ0n) is 8.67. The molecule has 4 heteroatoms. The first kappa shape index (κ1) is 10.7. The van der Waals surface area contributed by atoms with Crippen LogP contribution >= 0.6 is 0 Å². The van der Waals surface area contributed by atoms with Crippen LogP contribution in [0.25, 0.3) is 11.1 Å². The van der Waals surface area contributed by atoms with Crippen molar-refractivity contribution in [2.45, 2.75) is 0 Å². The Labute approximate surface area is 94.3 Å². The molecule has 80 valence electrons. The summed E-state index contributed by atoms with van der Waals surface area (Å²) >= 11 is 0. The third kappa shape index (κ3) is 2.08. The van der Waals surface area contributed by atoms with Gasteiger partial charge in [-0.1, -0.05) is 42.5 Å². The highest BCUT2D eigenvalue weighted by molar-refractivity contribution is 6.58. The van der Waals surface area contributed by atoms with Gasteiger partial charge in [0.25, 0.3) is 0 Å². The fraction of sp³-hybridized carbons (Fsp3) is 0. The lowest BCUT2D eigenvalue weighted by atomic mass is 9.80. The van der Waals surface area contributed by atoms with E-state index in [0.29, 0.717) is 11.2 Å². The zero-order valence-corrected chi connectivity index (χ0v) is 8.67. The van der Waals surface area contributed by atoms with E-state index in [4.69, 9.17) is 15.8 Å². The van der Waals surface area contributed by atoms with E-state index in [1.54, 1.807) is 12.1 Å². The fourth-order valence-corrected chi connectivity index (χ4v) is 1.59. The molecule has 3 nitrogen and oxygen atoms in total. The van der Waals surface area contributed by atoms with Gasteiger partial charge in [0, 0.05) is 11.3 Å². The second-order valence-electron chi connectivity index (χ2n) is 3.58. The summed E-state index contributed by atoms with van der Waals surface area (Å²) in [5.41, 5.74) is 8.94. The molecule has 0 aliphatic rings. The highest BCUT2D eigenvalue weighted by atomic mass is 16.4. The Balaban J connectivity index is 2.39. The molecule has 0 fully saturated rings. The molecule has 0 unspecified atom stereocenters. The summed E-state index contributed by atoms with van der Waals surface area (Å²) in [6.45, 7) is 0. The second-order valence-corrected chi connectivity index (χ2v) is 3.58. The van der Waals surface area contributed by atoms with Crippen LogP contribution in [0.1, 0.15) is 0 Å². The Morgan fingerprint density at radius 1 is 0.875 bits per heavy atom. The van der Waals surface area contributed by atoms with Gasteiger partial charge in [-0.15, -0.1) is 0 Å². The number of nitrogen functional groups attached to an aromatic ring is 1. The summed E-state index contributed by atoms with van der Waals surface area (Å²) in [7, 11) is -1.43. The van der Waals surface area contributed by atoms with Gasteiger partial charge in [-0.05, 0) is 17.1 Å². The Hall–Kier alpha value is -1.78. The van der Waals surface area contributed by atoms with Crippen LogP contribution in [0, 0.1) is 0 Å². The summed E-state index contributed by atoms with van der Waals surface area (Å²) in [6, 6.07) is 14.6. The SMILES string of the molecule is Nc1ccccc1-c1ccc(B(O)O)cc1. The van der Waals surface area contributed by atoms with E-state index in [1.165, 1.54) is 0 Å². The molecular formula is C12H12BNO2. The molecule has 0 amide bonds. The van der Waals surface area contributed by atoms with E-state index in [0.717, 1.165) is 11.1 Å². The maximum atomic E-state index is 8.97. The van der Waals surface area contributed by atoms with Crippen LogP contribution in [0.5, 0.6) is 0 Å². The molecule has 16 heavy (non-hydrogen) atoms. The number of rotatable bonds is 2. The van der Waals surface area contributed by atoms with Crippen LogP contribution in [-0.2, 0) is 0 Å². The Morgan fingerprint density at radius 2 is 1.50 bits per heavy atom. The van der Waals surface area contributed by atoms with Crippen molar-refractivity contribution in [1.29, 1.82) is 0 Å². The average molecular weight is 213 g/mol. The summed E-state index contributed by atoms with van der Waals surface area (Å²) in [5.74, 6) is 0. The number of anilines is 1. The summed E-state index contributed by atoms with van der Waals surface area (Å²) in [5, 5.41) is 17.9. The van der Waals surface area contributed by atoms with Crippen molar-refractivity contribution < 1.29 is 10.0 Å². The topological polar surface area (TPSA) is 66.5 Å². The van der Waals surface area contributed by atoms with Crippen LogP contribution in [0.3, 0.4) is 0 Å². The van der Waals surface area contributed by atoms with Crippen molar-refractivity contribution in [3.63, 3.8) is 0 Å².